The Morgan fingerprint density at radius 2 is 1.94 bits per heavy atom. The molecule has 2 N–H and O–H groups in total. The average Bonchev–Trinajstić information content (AvgIpc) is 2.40. The molecule has 0 bridgehead atoms. The molecule has 2 aromatic rings. The third kappa shape index (κ3) is 2.95. The van der Waals surface area contributed by atoms with Gasteiger partial charge in [0.2, 0.25) is 0 Å². The highest BCUT2D eigenvalue weighted by Crippen LogP contribution is 2.11. The van der Waals surface area contributed by atoms with Crippen LogP contribution in [0.4, 0.5) is 5.69 Å². The van der Waals surface area contributed by atoms with Gasteiger partial charge < -0.3 is 5.32 Å². The highest BCUT2D eigenvalue weighted by Gasteiger charge is 2.07. The quantitative estimate of drug-likeness (QED) is 0.829. The Morgan fingerprint density at radius 1 is 1.22 bits per heavy atom. The van der Waals surface area contributed by atoms with Gasteiger partial charge >= 0.3 is 0 Å². The number of carbonyl (C=O) groups is 1. The Kier molecular flexibility index (Phi) is 3.74. The first-order chi connectivity index (χ1) is 8.69. The maximum absolute atomic E-state index is 11.8. The predicted molar refractivity (Wildman–Crippen MR) is 68.8 cm³/mol. The topological polar surface area (TPSA) is 74.8 Å². The van der Waals surface area contributed by atoms with Crippen LogP contribution in [0.25, 0.3) is 0 Å². The Balaban J connectivity index is 2.10. The number of aromatic nitrogens is 2. The van der Waals surface area contributed by atoms with Crippen molar-refractivity contribution in [3.8, 4) is 0 Å². The van der Waals surface area contributed by atoms with Gasteiger partial charge in [0, 0.05) is 17.6 Å². The second-order valence-electron chi connectivity index (χ2n) is 3.59. The van der Waals surface area contributed by atoms with Gasteiger partial charge in [0.15, 0.2) is 0 Å². The van der Waals surface area contributed by atoms with Crippen LogP contribution in [0.1, 0.15) is 16.1 Å². The number of nitrogens with zero attached hydrogens (tertiary/aromatic N) is 1. The van der Waals surface area contributed by atoms with Gasteiger partial charge in [-0.25, -0.2) is 5.10 Å². The van der Waals surface area contributed by atoms with Crippen molar-refractivity contribution >= 4 is 23.2 Å². The van der Waals surface area contributed by atoms with Crippen molar-refractivity contribution in [2.45, 2.75) is 5.88 Å². The number of benzene rings is 1. The molecule has 0 unspecified atom stereocenters. The first kappa shape index (κ1) is 12.3. The summed E-state index contributed by atoms with van der Waals surface area (Å²) in [6, 6.07) is 9.76. The van der Waals surface area contributed by atoms with E-state index in [0.717, 1.165) is 5.56 Å². The van der Waals surface area contributed by atoms with Crippen molar-refractivity contribution in [2.24, 2.45) is 0 Å². The summed E-state index contributed by atoms with van der Waals surface area (Å²) >= 11 is 5.66. The van der Waals surface area contributed by atoms with Crippen molar-refractivity contribution < 1.29 is 4.79 Å². The molecule has 0 saturated carbocycles. The van der Waals surface area contributed by atoms with Crippen LogP contribution in [-0.2, 0) is 5.88 Å². The summed E-state index contributed by atoms with van der Waals surface area (Å²) in [5.74, 6) is 0.0419. The average molecular weight is 264 g/mol. The lowest BCUT2D eigenvalue weighted by molar-refractivity contribution is 0.102. The minimum absolute atomic E-state index is 0.149. The number of nitrogens with one attached hydrogen (secondary N) is 2. The second-order valence-corrected chi connectivity index (χ2v) is 3.86. The van der Waals surface area contributed by atoms with Crippen LogP contribution < -0.4 is 10.9 Å². The van der Waals surface area contributed by atoms with E-state index in [1.807, 2.05) is 12.1 Å². The molecule has 92 valence electrons. The molecule has 0 fully saturated rings. The number of rotatable bonds is 3. The lowest BCUT2D eigenvalue weighted by Crippen LogP contribution is -2.17. The van der Waals surface area contributed by atoms with Crippen LogP contribution in [0.15, 0.2) is 41.2 Å². The summed E-state index contributed by atoms with van der Waals surface area (Å²) in [6.45, 7) is 0. The van der Waals surface area contributed by atoms with E-state index in [0.29, 0.717) is 11.6 Å². The van der Waals surface area contributed by atoms with Gasteiger partial charge in [0.25, 0.3) is 11.5 Å². The molecule has 1 amide bonds. The molecule has 1 aromatic heterocycles. The van der Waals surface area contributed by atoms with Crippen molar-refractivity contribution in [2.75, 3.05) is 5.32 Å². The molecule has 5 nitrogen and oxygen atoms in total. The zero-order valence-electron chi connectivity index (χ0n) is 9.31. The summed E-state index contributed by atoms with van der Waals surface area (Å²) in [4.78, 5) is 22.6. The summed E-state index contributed by atoms with van der Waals surface area (Å²) in [5.41, 5.74) is 1.41. The Labute approximate surface area is 108 Å². The molecule has 0 aliphatic heterocycles. The number of anilines is 1. The van der Waals surface area contributed by atoms with Crippen LogP contribution in [0.5, 0.6) is 0 Å². The Morgan fingerprint density at radius 3 is 2.50 bits per heavy atom. The van der Waals surface area contributed by atoms with E-state index in [4.69, 9.17) is 11.6 Å². The summed E-state index contributed by atoms with van der Waals surface area (Å²) in [7, 11) is 0. The van der Waals surface area contributed by atoms with Crippen LogP contribution in [-0.4, -0.2) is 16.1 Å². The molecular weight excluding hydrogens is 254 g/mol. The fourth-order valence-electron chi connectivity index (χ4n) is 1.34. The van der Waals surface area contributed by atoms with Gasteiger partial charge in [0.05, 0.1) is 0 Å². The lowest BCUT2D eigenvalue weighted by Gasteiger charge is -2.04. The molecule has 0 aliphatic carbocycles. The number of aromatic amines is 1. The molecule has 1 heterocycles. The minimum atomic E-state index is -0.384. The van der Waals surface area contributed by atoms with E-state index in [9.17, 15) is 9.59 Å². The molecule has 1 aromatic carbocycles. The predicted octanol–water partition coefficient (Wildman–Crippen LogP) is 1.76. The summed E-state index contributed by atoms with van der Waals surface area (Å²) in [6.07, 6.45) is 0. The molecular formula is C12H10ClN3O2. The van der Waals surface area contributed by atoms with E-state index >= 15 is 0 Å². The van der Waals surface area contributed by atoms with Crippen LogP contribution in [0.3, 0.4) is 0 Å². The van der Waals surface area contributed by atoms with Crippen molar-refractivity contribution in [1.82, 2.24) is 10.2 Å². The Hall–Kier alpha value is -2.14. The van der Waals surface area contributed by atoms with Gasteiger partial charge in [0.1, 0.15) is 5.69 Å². The van der Waals surface area contributed by atoms with Gasteiger partial charge in [-0.05, 0) is 23.8 Å². The molecule has 6 heteroatoms. The molecule has 0 aliphatic rings. The maximum atomic E-state index is 11.8. The third-order valence-corrected chi connectivity index (χ3v) is 2.59. The van der Waals surface area contributed by atoms with E-state index in [2.05, 4.69) is 15.5 Å². The number of halogens is 1. The van der Waals surface area contributed by atoms with Crippen molar-refractivity contribution in [1.29, 1.82) is 0 Å². The van der Waals surface area contributed by atoms with Crippen molar-refractivity contribution in [3.05, 3.63) is 58.0 Å². The summed E-state index contributed by atoms with van der Waals surface area (Å²) in [5, 5.41) is 8.50. The van der Waals surface area contributed by atoms with Crippen LogP contribution in [0, 0.1) is 0 Å². The smallest absolute Gasteiger partial charge is 0.276 e. The molecule has 18 heavy (non-hydrogen) atoms. The molecule has 0 spiro atoms. The SMILES string of the molecule is O=C(Nc1ccc(CCl)cc1)c1ccc(=O)[nH]n1. The van der Waals surface area contributed by atoms with E-state index in [1.165, 1.54) is 12.1 Å². The number of H-pyrrole nitrogens is 1. The monoisotopic (exact) mass is 263 g/mol. The van der Waals surface area contributed by atoms with Gasteiger partial charge in [-0.3, -0.25) is 9.59 Å². The first-order valence-corrected chi connectivity index (χ1v) is 5.74. The van der Waals surface area contributed by atoms with Gasteiger partial charge in [-0.2, -0.15) is 5.10 Å². The van der Waals surface area contributed by atoms with Crippen LogP contribution >= 0.6 is 11.6 Å². The normalized spacial score (nSPS) is 10.1. The maximum Gasteiger partial charge on any atom is 0.276 e. The highest BCUT2D eigenvalue weighted by atomic mass is 35.5. The number of carbonyl (C=O) groups excluding carboxylic acids is 1. The van der Waals surface area contributed by atoms with Crippen LogP contribution in [0.2, 0.25) is 0 Å². The molecule has 0 saturated heterocycles. The zero-order chi connectivity index (χ0) is 13.0. The largest absolute Gasteiger partial charge is 0.321 e. The number of hydrogen-bond donors (Lipinski definition) is 2. The van der Waals surface area contributed by atoms with E-state index in [-0.39, 0.29) is 17.2 Å². The fraction of sp³-hybridized carbons (Fsp3) is 0.0833. The molecule has 2 rings (SSSR count). The number of amides is 1. The lowest BCUT2D eigenvalue weighted by atomic mass is 10.2. The van der Waals surface area contributed by atoms with E-state index in [1.54, 1.807) is 12.1 Å². The molecule has 0 atom stereocenters. The van der Waals surface area contributed by atoms with Crippen molar-refractivity contribution in [3.63, 3.8) is 0 Å². The van der Waals surface area contributed by atoms with Gasteiger partial charge in [-0.15, -0.1) is 11.6 Å². The zero-order valence-corrected chi connectivity index (χ0v) is 10.1. The second kappa shape index (κ2) is 5.46. The minimum Gasteiger partial charge on any atom is -0.321 e. The summed E-state index contributed by atoms with van der Waals surface area (Å²) < 4.78 is 0. The number of hydrogen-bond acceptors (Lipinski definition) is 3. The standard InChI is InChI=1S/C12H10ClN3O2/c13-7-8-1-3-9(4-2-8)14-12(18)10-5-6-11(17)16-15-10/h1-6H,7H2,(H,14,18)(H,16,17). The van der Waals surface area contributed by atoms with E-state index < -0.39 is 0 Å². The fourth-order valence-corrected chi connectivity index (χ4v) is 1.52. The van der Waals surface area contributed by atoms with Gasteiger partial charge in [-0.1, -0.05) is 12.1 Å². The number of alkyl halides is 1. The molecule has 0 radical (unpaired) electrons. The first-order valence-electron chi connectivity index (χ1n) is 5.21. The third-order valence-electron chi connectivity index (χ3n) is 2.28. The highest BCUT2D eigenvalue weighted by molar-refractivity contribution is 6.17. The Bertz CT molecular complexity index is 587.